The SMILES string of the molecule is CCCNC(C1CCOCC1)C1COCCO1. The highest BCUT2D eigenvalue weighted by atomic mass is 16.6. The summed E-state index contributed by atoms with van der Waals surface area (Å²) >= 11 is 0. The summed E-state index contributed by atoms with van der Waals surface area (Å²) in [6.45, 7) is 7.25. The molecule has 0 aromatic rings. The van der Waals surface area contributed by atoms with E-state index < -0.39 is 0 Å². The van der Waals surface area contributed by atoms with Gasteiger partial charge in [-0.1, -0.05) is 6.92 Å². The lowest BCUT2D eigenvalue weighted by atomic mass is 9.88. The van der Waals surface area contributed by atoms with Crippen molar-refractivity contribution < 1.29 is 14.2 Å². The molecule has 4 nitrogen and oxygen atoms in total. The van der Waals surface area contributed by atoms with E-state index in [1.807, 2.05) is 0 Å². The standard InChI is InChI=1S/C13H25NO3/c1-2-5-14-13(11-3-6-15-7-4-11)12-10-16-8-9-17-12/h11-14H,2-10H2,1H3. The molecule has 100 valence electrons. The second-order valence-corrected chi connectivity index (χ2v) is 4.91. The van der Waals surface area contributed by atoms with Gasteiger partial charge in [0.25, 0.3) is 0 Å². The van der Waals surface area contributed by atoms with Gasteiger partial charge in [0.2, 0.25) is 0 Å². The molecule has 2 saturated heterocycles. The maximum absolute atomic E-state index is 5.86. The molecule has 2 aliphatic heterocycles. The summed E-state index contributed by atoms with van der Waals surface area (Å²) in [5.41, 5.74) is 0. The van der Waals surface area contributed by atoms with Gasteiger partial charge in [0.15, 0.2) is 0 Å². The van der Waals surface area contributed by atoms with Crippen LogP contribution < -0.4 is 5.32 Å². The van der Waals surface area contributed by atoms with Crippen LogP contribution in [0, 0.1) is 5.92 Å². The molecule has 0 aromatic carbocycles. The van der Waals surface area contributed by atoms with Crippen LogP contribution in [0.3, 0.4) is 0 Å². The summed E-state index contributed by atoms with van der Waals surface area (Å²) in [6.07, 6.45) is 3.66. The Morgan fingerprint density at radius 3 is 2.59 bits per heavy atom. The molecule has 0 spiro atoms. The first-order chi connectivity index (χ1) is 8.42. The highest BCUT2D eigenvalue weighted by Gasteiger charge is 2.32. The maximum atomic E-state index is 5.86. The van der Waals surface area contributed by atoms with Crippen LogP contribution in [0.1, 0.15) is 26.2 Å². The Morgan fingerprint density at radius 2 is 1.94 bits per heavy atom. The lowest BCUT2D eigenvalue weighted by Gasteiger charge is -2.37. The summed E-state index contributed by atoms with van der Waals surface area (Å²) in [7, 11) is 0. The average Bonchev–Trinajstić information content (AvgIpc) is 2.42. The minimum Gasteiger partial charge on any atom is -0.381 e. The molecule has 2 fully saturated rings. The minimum atomic E-state index is 0.221. The molecule has 0 radical (unpaired) electrons. The third-order valence-electron chi connectivity index (χ3n) is 3.65. The van der Waals surface area contributed by atoms with Crippen LogP contribution in [0.15, 0.2) is 0 Å². The van der Waals surface area contributed by atoms with Crippen molar-refractivity contribution >= 4 is 0 Å². The molecule has 0 amide bonds. The van der Waals surface area contributed by atoms with Crippen LogP contribution in [-0.4, -0.2) is 51.7 Å². The van der Waals surface area contributed by atoms with Crippen molar-refractivity contribution in [3.05, 3.63) is 0 Å². The predicted octanol–water partition coefficient (Wildman–Crippen LogP) is 1.20. The molecule has 17 heavy (non-hydrogen) atoms. The topological polar surface area (TPSA) is 39.7 Å². The first-order valence-corrected chi connectivity index (χ1v) is 6.92. The van der Waals surface area contributed by atoms with Gasteiger partial charge in [-0.05, 0) is 31.7 Å². The molecule has 2 unspecified atom stereocenters. The summed E-state index contributed by atoms with van der Waals surface area (Å²) in [6, 6.07) is 0.430. The van der Waals surface area contributed by atoms with E-state index in [1.54, 1.807) is 0 Å². The quantitative estimate of drug-likeness (QED) is 0.787. The van der Waals surface area contributed by atoms with Crippen LogP contribution in [0.2, 0.25) is 0 Å². The van der Waals surface area contributed by atoms with Crippen molar-refractivity contribution in [2.45, 2.75) is 38.3 Å². The summed E-state index contributed by atoms with van der Waals surface area (Å²) in [5, 5.41) is 3.65. The fourth-order valence-corrected chi connectivity index (χ4v) is 2.70. The second-order valence-electron chi connectivity index (χ2n) is 4.91. The van der Waals surface area contributed by atoms with Gasteiger partial charge in [-0.25, -0.2) is 0 Å². The Hall–Kier alpha value is -0.160. The third-order valence-corrected chi connectivity index (χ3v) is 3.65. The Labute approximate surface area is 104 Å². The van der Waals surface area contributed by atoms with Crippen LogP contribution >= 0.6 is 0 Å². The lowest BCUT2D eigenvalue weighted by molar-refractivity contribution is -0.114. The summed E-state index contributed by atoms with van der Waals surface area (Å²) in [4.78, 5) is 0. The molecule has 1 N–H and O–H groups in total. The molecule has 0 saturated carbocycles. The van der Waals surface area contributed by atoms with Gasteiger partial charge in [-0.3, -0.25) is 0 Å². The predicted molar refractivity (Wildman–Crippen MR) is 66.2 cm³/mol. The Bertz CT molecular complexity index is 183. The van der Waals surface area contributed by atoms with Crippen molar-refractivity contribution in [1.29, 1.82) is 0 Å². The smallest absolute Gasteiger partial charge is 0.0964 e. The third kappa shape index (κ3) is 3.91. The van der Waals surface area contributed by atoms with Gasteiger partial charge in [0.05, 0.1) is 25.9 Å². The van der Waals surface area contributed by atoms with E-state index in [-0.39, 0.29) is 6.10 Å². The lowest BCUT2D eigenvalue weighted by Crippen LogP contribution is -2.52. The van der Waals surface area contributed by atoms with Crippen LogP contribution in [-0.2, 0) is 14.2 Å². The minimum absolute atomic E-state index is 0.221. The van der Waals surface area contributed by atoms with E-state index in [0.29, 0.717) is 12.0 Å². The molecule has 0 aliphatic carbocycles. The molecule has 0 aromatic heterocycles. The first kappa shape index (κ1) is 13.3. The van der Waals surface area contributed by atoms with E-state index in [2.05, 4.69) is 12.2 Å². The second kappa shape index (κ2) is 7.31. The molecular formula is C13H25NO3. The van der Waals surface area contributed by atoms with E-state index in [9.17, 15) is 0 Å². The monoisotopic (exact) mass is 243 g/mol. The number of rotatable bonds is 5. The van der Waals surface area contributed by atoms with Gasteiger partial charge < -0.3 is 19.5 Å². The van der Waals surface area contributed by atoms with Crippen molar-refractivity contribution in [2.24, 2.45) is 5.92 Å². The van der Waals surface area contributed by atoms with Gasteiger partial charge in [0, 0.05) is 19.3 Å². The normalized spacial score (nSPS) is 29.1. The first-order valence-electron chi connectivity index (χ1n) is 6.92. The Balaban J connectivity index is 1.90. The maximum Gasteiger partial charge on any atom is 0.0964 e. The largest absolute Gasteiger partial charge is 0.381 e. The molecular weight excluding hydrogens is 218 g/mol. The molecule has 2 rings (SSSR count). The zero-order valence-electron chi connectivity index (χ0n) is 10.8. The molecule has 2 aliphatic rings. The fourth-order valence-electron chi connectivity index (χ4n) is 2.70. The van der Waals surface area contributed by atoms with Crippen molar-refractivity contribution in [2.75, 3.05) is 39.6 Å². The van der Waals surface area contributed by atoms with Gasteiger partial charge in [-0.15, -0.1) is 0 Å². The molecule has 4 heteroatoms. The van der Waals surface area contributed by atoms with Gasteiger partial charge in [-0.2, -0.15) is 0 Å². The highest BCUT2D eigenvalue weighted by molar-refractivity contribution is 4.86. The Morgan fingerprint density at radius 1 is 1.12 bits per heavy atom. The highest BCUT2D eigenvalue weighted by Crippen LogP contribution is 2.23. The van der Waals surface area contributed by atoms with Crippen molar-refractivity contribution in [3.8, 4) is 0 Å². The average molecular weight is 243 g/mol. The van der Waals surface area contributed by atoms with Crippen LogP contribution in [0.25, 0.3) is 0 Å². The zero-order valence-corrected chi connectivity index (χ0v) is 10.8. The van der Waals surface area contributed by atoms with E-state index >= 15 is 0 Å². The van der Waals surface area contributed by atoms with Gasteiger partial charge in [0.1, 0.15) is 0 Å². The zero-order chi connectivity index (χ0) is 11.9. The summed E-state index contributed by atoms with van der Waals surface area (Å²) in [5.74, 6) is 0.669. The number of hydrogen-bond acceptors (Lipinski definition) is 4. The van der Waals surface area contributed by atoms with E-state index in [0.717, 1.165) is 58.8 Å². The van der Waals surface area contributed by atoms with Crippen LogP contribution in [0.5, 0.6) is 0 Å². The van der Waals surface area contributed by atoms with Crippen molar-refractivity contribution in [1.82, 2.24) is 5.32 Å². The number of ether oxygens (including phenoxy) is 3. The van der Waals surface area contributed by atoms with Crippen molar-refractivity contribution in [3.63, 3.8) is 0 Å². The Kier molecular flexibility index (Phi) is 5.71. The number of hydrogen-bond donors (Lipinski definition) is 1. The van der Waals surface area contributed by atoms with E-state index in [4.69, 9.17) is 14.2 Å². The number of nitrogens with one attached hydrogen (secondary N) is 1. The molecule has 0 bridgehead atoms. The summed E-state index contributed by atoms with van der Waals surface area (Å²) < 4.78 is 16.8. The molecule has 2 atom stereocenters. The van der Waals surface area contributed by atoms with E-state index in [1.165, 1.54) is 0 Å². The fraction of sp³-hybridized carbons (Fsp3) is 1.00. The molecule has 2 heterocycles. The van der Waals surface area contributed by atoms with Crippen LogP contribution in [0.4, 0.5) is 0 Å². The van der Waals surface area contributed by atoms with Gasteiger partial charge >= 0.3 is 0 Å².